The van der Waals surface area contributed by atoms with Gasteiger partial charge in [0.1, 0.15) is 0 Å². The molecule has 1 rings (SSSR count). The lowest BCUT2D eigenvalue weighted by atomic mass is 10.1. The first kappa shape index (κ1) is 15.9. The molecule has 0 saturated carbocycles. The maximum Gasteiger partial charge on any atom is 0.220 e. The number of rotatable bonds is 6. The van der Waals surface area contributed by atoms with Crippen molar-refractivity contribution in [2.24, 2.45) is 0 Å². The molecular formula is C13H21ClN2O. The number of benzene rings is 1. The van der Waals surface area contributed by atoms with Gasteiger partial charge in [-0.1, -0.05) is 29.8 Å². The van der Waals surface area contributed by atoms with E-state index >= 15 is 0 Å². The second-order valence-corrected chi connectivity index (χ2v) is 3.97. The van der Waals surface area contributed by atoms with Crippen molar-refractivity contribution < 1.29 is 4.79 Å². The molecule has 0 aliphatic heterocycles. The summed E-state index contributed by atoms with van der Waals surface area (Å²) >= 11 is 0. The van der Waals surface area contributed by atoms with Gasteiger partial charge in [0.15, 0.2) is 0 Å². The minimum atomic E-state index is 0. The predicted molar refractivity (Wildman–Crippen MR) is 73.4 cm³/mol. The van der Waals surface area contributed by atoms with Crippen LogP contribution in [0.4, 0.5) is 0 Å². The van der Waals surface area contributed by atoms with Crippen LogP contribution in [0.15, 0.2) is 24.3 Å². The van der Waals surface area contributed by atoms with Gasteiger partial charge in [-0.3, -0.25) is 4.79 Å². The Morgan fingerprint density at radius 1 is 1.35 bits per heavy atom. The van der Waals surface area contributed by atoms with Gasteiger partial charge >= 0.3 is 0 Å². The number of nitrogens with one attached hydrogen (secondary N) is 2. The van der Waals surface area contributed by atoms with E-state index in [2.05, 4.69) is 29.7 Å². The molecule has 0 fully saturated rings. The summed E-state index contributed by atoms with van der Waals surface area (Å²) in [5.74, 6) is 0.122. The highest BCUT2D eigenvalue weighted by Crippen LogP contribution is 2.03. The number of carbonyl (C=O) groups excluding carboxylic acids is 1. The standard InChI is InChI=1S/C13H20N2O.ClH/c1-11-5-3-6-12(9-11)10-15-13(16)7-4-8-14-2;/h3,5-6,9,14H,4,7-8,10H2,1-2H3,(H,15,16);1H. The van der Waals surface area contributed by atoms with E-state index in [4.69, 9.17) is 0 Å². The minimum absolute atomic E-state index is 0. The van der Waals surface area contributed by atoms with E-state index in [1.54, 1.807) is 0 Å². The van der Waals surface area contributed by atoms with Crippen LogP contribution in [-0.4, -0.2) is 19.5 Å². The largest absolute Gasteiger partial charge is 0.352 e. The van der Waals surface area contributed by atoms with E-state index in [-0.39, 0.29) is 18.3 Å². The maximum absolute atomic E-state index is 11.4. The van der Waals surface area contributed by atoms with Crippen LogP contribution in [0, 0.1) is 6.92 Å². The summed E-state index contributed by atoms with van der Waals surface area (Å²) in [7, 11) is 1.89. The van der Waals surface area contributed by atoms with Crippen molar-refractivity contribution in [3.63, 3.8) is 0 Å². The molecule has 0 saturated heterocycles. The third-order valence-electron chi connectivity index (χ3n) is 2.40. The average molecular weight is 257 g/mol. The van der Waals surface area contributed by atoms with Gasteiger partial charge in [-0.25, -0.2) is 0 Å². The highest BCUT2D eigenvalue weighted by Gasteiger charge is 2.00. The summed E-state index contributed by atoms with van der Waals surface area (Å²) in [6.45, 7) is 3.57. The summed E-state index contributed by atoms with van der Waals surface area (Å²) < 4.78 is 0. The van der Waals surface area contributed by atoms with Crippen LogP contribution in [0.3, 0.4) is 0 Å². The first-order chi connectivity index (χ1) is 7.72. The topological polar surface area (TPSA) is 41.1 Å². The Labute approximate surface area is 109 Å². The average Bonchev–Trinajstić information content (AvgIpc) is 2.27. The molecular weight excluding hydrogens is 236 g/mol. The van der Waals surface area contributed by atoms with Crippen LogP contribution in [-0.2, 0) is 11.3 Å². The van der Waals surface area contributed by atoms with Crippen LogP contribution in [0.2, 0.25) is 0 Å². The lowest BCUT2D eigenvalue weighted by molar-refractivity contribution is -0.121. The Balaban J connectivity index is 0.00000256. The van der Waals surface area contributed by atoms with Gasteiger partial charge in [-0.05, 0) is 32.5 Å². The molecule has 0 spiro atoms. The van der Waals surface area contributed by atoms with Gasteiger partial charge in [0.25, 0.3) is 0 Å². The Bertz CT molecular complexity index is 342. The maximum atomic E-state index is 11.4. The van der Waals surface area contributed by atoms with E-state index in [1.807, 2.05) is 19.2 Å². The van der Waals surface area contributed by atoms with Crippen LogP contribution in [0.5, 0.6) is 0 Å². The smallest absolute Gasteiger partial charge is 0.220 e. The van der Waals surface area contributed by atoms with Gasteiger partial charge in [-0.15, -0.1) is 12.4 Å². The zero-order valence-electron chi connectivity index (χ0n) is 10.5. The molecule has 3 nitrogen and oxygen atoms in total. The fourth-order valence-corrected chi connectivity index (χ4v) is 1.54. The number of carbonyl (C=O) groups is 1. The molecule has 96 valence electrons. The number of hydrogen-bond donors (Lipinski definition) is 2. The summed E-state index contributed by atoms with van der Waals surface area (Å²) in [4.78, 5) is 11.4. The van der Waals surface area contributed by atoms with E-state index in [0.717, 1.165) is 18.5 Å². The number of halogens is 1. The number of hydrogen-bond acceptors (Lipinski definition) is 2. The van der Waals surface area contributed by atoms with Crippen molar-refractivity contribution in [2.45, 2.75) is 26.3 Å². The monoisotopic (exact) mass is 256 g/mol. The minimum Gasteiger partial charge on any atom is -0.352 e. The number of aryl methyl sites for hydroxylation is 1. The van der Waals surface area contributed by atoms with Gasteiger partial charge in [0.2, 0.25) is 5.91 Å². The molecule has 4 heteroatoms. The molecule has 0 radical (unpaired) electrons. The summed E-state index contributed by atoms with van der Waals surface area (Å²) in [6.07, 6.45) is 1.48. The highest BCUT2D eigenvalue weighted by molar-refractivity contribution is 5.85. The zero-order valence-corrected chi connectivity index (χ0v) is 11.3. The van der Waals surface area contributed by atoms with Crippen molar-refractivity contribution in [1.29, 1.82) is 0 Å². The van der Waals surface area contributed by atoms with E-state index < -0.39 is 0 Å². The van der Waals surface area contributed by atoms with E-state index in [1.165, 1.54) is 5.56 Å². The molecule has 0 aliphatic carbocycles. The Morgan fingerprint density at radius 3 is 2.76 bits per heavy atom. The lowest BCUT2D eigenvalue weighted by Gasteiger charge is -2.05. The van der Waals surface area contributed by atoms with Crippen molar-refractivity contribution >= 4 is 18.3 Å². The van der Waals surface area contributed by atoms with Gasteiger partial charge in [0.05, 0.1) is 0 Å². The fourth-order valence-electron chi connectivity index (χ4n) is 1.54. The second-order valence-electron chi connectivity index (χ2n) is 3.97. The molecule has 0 aliphatic rings. The lowest BCUT2D eigenvalue weighted by Crippen LogP contribution is -2.23. The highest BCUT2D eigenvalue weighted by atomic mass is 35.5. The van der Waals surface area contributed by atoms with Crippen LogP contribution in [0.1, 0.15) is 24.0 Å². The fraction of sp³-hybridized carbons (Fsp3) is 0.462. The quantitative estimate of drug-likeness (QED) is 0.765. The first-order valence-electron chi connectivity index (χ1n) is 5.69. The molecule has 0 bridgehead atoms. The number of amides is 1. The van der Waals surface area contributed by atoms with Gasteiger partial charge in [-0.2, -0.15) is 0 Å². The predicted octanol–water partition coefficient (Wildman–Crippen LogP) is 2.03. The summed E-state index contributed by atoms with van der Waals surface area (Å²) in [5, 5.41) is 5.94. The van der Waals surface area contributed by atoms with E-state index in [9.17, 15) is 4.79 Å². The first-order valence-corrected chi connectivity index (χ1v) is 5.69. The zero-order chi connectivity index (χ0) is 11.8. The molecule has 1 aromatic rings. The van der Waals surface area contributed by atoms with Crippen molar-refractivity contribution in [2.75, 3.05) is 13.6 Å². The van der Waals surface area contributed by atoms with Crippen molar-refractivity contribution in [3.05, 3.63) is 35.4 Å². The molecule has 2 N–H and O–H groups in total. The van der Waals surface area contributed by atoms with E-state index in [0.29, 0.717) is 13.0 Å². The van der Waals surface area contributed by atoms with Gasteiger partial charge < -0.3 is 10.6 Å². The molecule has 1 aromatic carbocycles. The molecule has 0 atom stereocenters. The normalized spacial score (nSPS) is 9.53. The van der Waals surface area contributed by atoms with Crippen molar-refractivity contribution in [1.82, 2.24) is 10.6 Å². The molecule has 17 heavy (non-hydrogen) atoms. The molecule has 0 unspecified atom stereocenters. The second kappa shape index (κ2) is 9.02. The molecule has 0 aromatic heterocycles. The van der Waals surface area contributed by atoms with Crippen LogP contribution in [0.25, 0.3) is 0 Å². The molecule has 0 heterocycles. The SMILES string of the molecule is CNCCCC(=O)NCc1cccc(C)c1.Cl. The Hall–Kier alpha value is -1.06. The van der Waals surface area contributed by atoms with Crippen LogP contribution < -0.4 is 10.6 Å². The Morgan fingerprint density at radius 2 is 2.12 bits per heavy atom. The summed E-state index contributed by atoms with van der Waals surface area (Å²) in [5.41, 5.74) is 2.38. The van der Waals surface area contributed by atoms with Gasteiger partial charge in [0, 0.05) is 13.0 Å². The summed E-state index contributed by atoms with van der Waals surface area (Å²) in [6, 6.07) is 8.19. The Kier molecular flexibility index (Phi) is 8.46. The molecule has 1 amide bonds. The third-order valence-corrected chi connectivity index (χ3v) is 2.40. The third kappa shape index (κ3) is 6.97. The van der Waals surface area contributed by atoms with Crippen LogP contribution >= 0.6 is 12.4 Å². The van der Waals surface area contributed by atoms with Crippen molar-refractivity contribution in [3.8, 4) is 0 Å².